The number of urea groups is 1. The lowest BCUT2D eigenvalue weighted by Gasteiger charge is -2.12. The third kappa shape index (κ3) is 3.90. The Balaban J connectivity index is 1.70. The van der Waals surface area contributed by atoms with E-state index < -0.39 is 23.6 Å². The minimum absolute atomic E-state index is 0.135. The number of carbonyl (C=O) groups is 1. The summed E-state index contributed by atoms with van der Waals surface area (Å²) in [5.41, 5.74) is -0.688. The molecule has 3 aromatic rings. The van der Waals surface area contributed by atoms with E-state index in [-0.39, 0.29) is 12.1 Å². The molecule has 2 amide bonds. The second-order valence-corrected chi connectivity index (χ2v) is 5.52. The molecular weight excluding hydrogens is 350 g/mol. The summed E-state index contributed by atoms with van der Waals surface area (Å²) in [5, 5.41) is 6.70. The molecule has 0 atom stereocenters. The lowest BCUT2D eigenvalue weighted by atomic mass is 10.1. The molecule has 0 aliphatic heterocycles. The first-order valence-corrected chi connectivity index (χ1v) is 7.58. The second-order valence-electron chi connectivity index (χ2n) is 5.52. The standard InChI is InChI=1S/C18H13F4N3O/c19-15-5-4-11(8-14(15)18(20,21)22)9-24-17(26)25-16-3-1-2-12-10-23-7-6-13(12)16/h1-8,10H,9H2,(H2,24,25,26). The lowest BCUT2D eigenvalue weighted by Crippen LogP contribution is -2.28. The van der Waals surface area contributed by atoms with Gasteiger partial charge in [-0.1, -0.05) is 18.2 Å². The molecule has 0 radical (unpaired) electrons. The fourth-order valence-corrected chi connectivity index (χ4v) is 2.48. The number of pyridine rings is 1. The molecule has 0 bridgehead atoms. The summed E-state index contributed by atoms with van der Waals surface area (Å²) in [6, 6.07) is 9.02. The summed E-state index contributed by atoms with van der Waals surface area (Å²) in [5.74, 6) is -1.35. The number of nitrogens with zero attached hydrogens (tertiary/aromatic N) is 1. The number of aromatic nitrogens is 1. The number of nitrogens with one attached hydrogen (secondary N) is 2. The van der Waals surface area contributed by atoms with Crippen LogP contribution in [0.3, 0.4) is 0 Å². The van der Waals surface area contributed by atoms with E-state index in [4.69, 9.17) is 0 Å². The van der Waals surface area contributed by atoms with Gasteiger partial charge in [0, 0.05) is 29.7 Å². The molecule has 1 aromatic heterocycles. The number of rotatable bonds is 3. The third-order valence-corrected chi connectivity index (χ3v) is 3.72. The van der Waals surface area contributed by atoms with Crippen molar-refractivity contribution in [2.75, 3.05) is 5.32 Å². The van der Waals surface area contributed by atoms with Gasteiger partial charge in [-0.3, -0.25) is 4.98 Å². The monoisotopic (exact) mass is 363 g/mol. The molecule has 0 saturated carbocycles. The van der Waals surface area contributed by atoms with E-state index in [0.717, 1.165) is 16.8 Å². The Morgan fingerprint density at radius 3 is 2.69 bits per heavy atom. The number of halogens is 4. The van der Waals surface area contributed by atoms with Gasteiger partial charge in [0.25, 0.3) is 0 Å². The maximum Gasteiger partial charge on any atom is 0.419 e. The molecule has 0 aliphatic rings. The number of hydrogen-bond acceptors (Lipinski definition) is 2. The molecule has 0 spiro atoms. The zero-order chi connectivity index (χ0) is 18.7. The van der Waals surface area contributed by atoms with Crippen LogP contribution in [-0.4, -0.2) is 11.0 Å². The summed E-state index contributed by atoms with van der Waals surface area (Å²) < 4.78 is 51.4. The first-order valence-electron chi connectivity index (χ1n) is 7.58. The number of carbonyl (C=O) groups excluding carboxylic acids is 1. The van der Waals surface area contributed by atoms with Crippen LogP contribution in [-0.2, 0) is 12.7 Å². The van der Waals surface area contributed by atoms with Crippen molar-refractivity contribution in [3.05, 3.63) is 71.8 Å². The number of amides is 2. The van der Waals surface area contributed by atoms with Crippen LogP contribution in [0.1, 0.15) is 11.1 Å². The van der Waals surface area contributed by atoms with Gasteiger partial charge >= 0.3 is 12.2 Å². The quantitative estimate of drug-likeness (QED) is 0.662. The molecule has 0 unspecified atom stereocenters. The van der Waals surface area contributed by atoms with Gasteiger partial charge in [0.2, 0.25) is 0 Å². The Morgan fingerprint density at radius 2 is 1.92 bits per heavy atom. The predicted molar refractivity (Wildman–Crippen MR) is 89.0 cm³/mol. The maximum atomic E-state index is 13.3. The van der Waals surface area contributed by atoms with Gasteiger partial charge in [-0.25, -0.2) is 9.18 Å². The molecule has 0 fully saturated rings. The van der Waals surface area contributed by atoms with Crippen LogP contribution in [0.2, 0.25) is 0 Å². The highest BCUT2D eigenvalue weighted by Crippen LogP contribution is 2.31. The van der Waals surface area contributed by atoms with E-state index >= 15 is 0 Å². The summed E-state index contributed by atoms with van der Waals surface area (Å²) in [6.45, 7) is -0.179. The Morgan fingerprint density at radius 1 is 1.12 bits per heavy atom. The topological polar surface area (TPSA) is 54.0 Å². The van der Waals surface area contributed by atoms with Crippen molar-refractivity contribution < 1.29 is 22.4 Å². The molecule has 3 rings (SSSR count). The fourth-order valence-electron chi connectivity index (χ4n) is 2.48. The number of benzene rings is 2. The fraction of sp³-hybridized carbons (Fsp3) is 0.111. The first kappa shape index (κ1) is 17.7. The molecule has 0 saturated heterocycles. The normalized spacial score (nSPS) is 11.4. The Bertz CT molecular complexity index is 951. The maximum absolute atomic E-state index is 13.3. The zero-order valence-electron chi connectivity index (χ0n) is 13.3. The molecule has 8 heteroatoms. The van der Waals surface area contributed by atoms with Crippen molar-refractivity contribution in [3.63, 3.8) is 0 Å². The highest BCUT2D eigenvalue weighted by Gasteiger charge is 2.34. The predicted octanol–water partition coefficient (Wildman–Crippen LogP) is 4.71. The van der Waals surface area contributed by atoms with Crippen molar-refractivity contribution in [2.45, 2.75) is 12.7 Å². The van der Waals surface area contributed by atoms with Gasteiger partial charge in [0.1, 0.15) is 5.82 Å². The van der Waals surface area contributed by atoms with Crippen molar-refractivity contribution in [2.24, 2.45) is 0 Å². The summed E-state index contributed by atoms with van der Waals surface area (Å²) in [6.07, 6.45) is -1.56. The average molecular weight is 363 g/mol. The van der Waals surface area contributed by atoms with E-state index in [1.807, 2.05) is 6.07 Å². The number of hydrogen-bond donors (Lipinski definition) is 2. The van der Waals surface area contributed by atoms with Crippen LogP contribution >= 0.6 is 0 Å². The molecule has 134 valence electrons. The van der Waals surface area contributed by atoms with Crippen LogP contribution in [0.4, 0.5) is 28.0 Å². The van der Waals surface area contributed by atoms with Crippen LogP contribution in [0.15, 0.2) is 54.9 Å². The molecule has 1 heterocycles. The largest absolute Gasteiger partial charge is 0.419 e. The van der Waals surface area contributed by atoms with Gasteiger partial charge in [0.05, 0.1) is 11.3 Å². The Labute approximate surface area is 145 Å². The first-order chi connectivity index (χ1) is 12.3. The molecule has 2 aromatic carbocycles. The minimum Gasteiger partial charge on any atom is -0.334 e. The third-order valence-electron chi connectivity index (χ3n) is 3.72. The van der Waals surface area contributed by atoms with Crippen LogP contribution in [0.25, 0.3) is 10.8 Å². The minimum atomic E-state index is -4.79. The number of anilines is 1. The molecule has 4 nitrogen and oxygen atoms in total. The van der Waals surface area contributed by atoms with Gasteiger partial charge in [-0.2, -0.15) is 13.2 Å². The number of fused-ring (bicyclic) bond motifs is 1. The van der Waals surface area contributed by atoms with Gasteiger partial charge in [0.15, 0.2) is 0 Å². The Hall–Kier alpha value is -3.16. The van der Waals surface area contributed by atoms with Gasteiger partial charge in [-0.05, 0) is 29.8 Å². The van der Waals surface area contributed by atoms with Crippen LogP contribution in [0.5, 0.6) is 0 Å². The summed E-state index contributed by atoms with van der Waals surface area (Å²) >= 11 is 0. The molecular formula is C18H13F4N3O. The Kier molecular flexibility index (Phi) is 4.75. The lowest BCUT2D eigenvalue weighted by molar-refractivity contribution is -0.140. The molecule has 0 aliphatic carbocycles. The van der Waals surface area contributed by atoms with Crippen molar-refractivity contribution in [1.82, 2.24) is 10.3 Å². The highest BCUT2D eigenvalue weighted by molar-refractivity contribution is 6.01. The molecule has 26 heavy (non-hydrogen) atoms. The average Bonchev–Trinajstić information content (AvgIpc) is 2.60. The van der Waals surface area contributed by atoms with Crippen molar-refractivity contribution >= 4 is 22.5 Å². The number of alkyl halides is 3. The van der Waals surface area contributed by atoms with Gasteiger partial charge < -0.3 is 10.6 Å². The zero-order valence-corrected chi connectivity index (χ0v) is 13.3. The van der Waals surface area contributed by atoms with E-state index in [9.17, 15) is 22.4 Å². The van der Waals surface area contributed by atoms with Crippen LogP contribution < -0.4 is 10.6 Å². The highest BCUT2D eigenvalue weighted by atomic mass is 19.4. The summed E-state index contributed by atoms with van der Waals surface area (Å²) in [7, 11) is 0. The smallest absolute Gasteiger partial charge is 0.334 e. The van der Waals surface area contributed by atoms with Crippen molar-refractivity contribution in [1.29, 1.82) is 0 Å². The van der Waals surface area contributed by atoms with Crippen molar-refractivity contribution in [3.8, 4) is 0 Å². The SMILES string of the molecule is O=C(NCc1ccc(F)c(C(F)(F)F)c1)Nc1cccc2cnccc12. The van der Waals surface area contributed by atoms with Gasteiger partial charge in [-0.15, -0.1) is 0 Å². The van der Waals surface area contributed by atoms with E-state index in [1.54, 1.807) is 30.6 Å². The van der Waals surface area contributed by atoms with E-state index in [1.165, 1.54) is 6.07 Å². The summed E-state index contributed by atoms with van der Waals surface area (Å²) in [4.78, 5) is 16.0. The second kappa shape index (κ2) is 6.99. The van der Waals surface area contributed by atoms with E-state index in [0.29, 0.717) is 11.8 Å². The van der Waals surface area contributed by atoms with Crippen LogP contribution in [0, 0.1) is 5.82 Å². The van der Waals surface area contributed by atoms with E-state index in [2.05, 4.69) is 15.6 Å². The molecule has 2 N–H and O–H groups in total.